The number of ether oxygens (including phenoxy) is 2. The van der Waals surface area contributed by atoms with Gasteiger partial charge in [-0.1, -0.05) is 54.3 Å². The summed E-state index contributed by atoms with van der Waals surface area (Å²) in [4.78, 5) is 17.1. The Balaban J connectivity index is 3.05. The van der Waals surface area contributed by atoms with Crippen LogP contribution in [0.2, 0.25) is 0 Å². The van der Waals surface area contributed by atoms with Crippen molar-refractivity contribution in [3.05, 3.63) is 65.8 Å². The molecule has 1 aliphatic rings. The molecule has 26 heavy (non-hydrogen) atoms. The van der Waals surface area contributed by atoms with Crippen LogP contribution in [0, 0.1) is 0 Å². The van der Waals surface area contributed by atoms with Crippen molar-refractivity contribution in [1.82, 2.24) is 4.90 Å². The summed E-state index contributed by atoms with van der Waals surface area (Å²) in [6, 6.07) is 0. The van der Waals surface area contributed by atoms with E-state index < -0.39 is 5.54 Å². The zero-order valence-electron chi connectivity index (χ0n) is 15.4. The molecule has 0 radical (unpaired) electrons. The van der Waals surface area contributed by atoms with Crippen molar-refractivity contribution in [2.75, 3.05) is 27.4 Å². The smallest absolute Gasteiger partial charge is 0.214 e. The van der Waals surface area contributed by atoms with E-state index in [-0.39, 0.29) is 0 Å². The van der Waals surface area contributed by atoms with Crippen LogP contribution in [-0.4, -0.2) is 49.9 Å². The number of hydrogen-bond donors (Lipinski definition) is 0. The molecule has 140 valence electrons. The molecule has 0 saturated carbocycles. The second-order valence-electron chi connectivity index (χ2n) is 5.67. The number of hydrogen-bond acceptors (Lipinski definition) is 4. The molecule has 0 aromatic rings. The van der Waals surface area contributed by atoms with Gasteiger partial charge in [-0.25, -0.2) is 0 Å². The Labute approximate surface area is 160 Å². The zero-order valence-corrected chi connectivity index (χ0v) is 16.2. The Bertz CT molecular complexity index is 685. The van der Waals surface area contributed by atoms with E-state index in [1.165, 1.54) is 17.7 Å². The van der Waals surface area contributed by atoms with E-state index in [2.05, 4.69) is 17.3 Å². The number of rotatable bonds is 10. The fourth-order valence-electron chi connectivity index (χ4n) is 2.46. The topological polar surface area (TPSA) is 51.1 Å². The maximum Gasteiger partial charge on any atom is 0.214 e. The van der Waals surface area contributed by atoms with Gasteiger partial charge in [-0.15, -0.1) is 0 Å². The number of carbonyl (C=O) groups excluding carboxylic acids is 1. The van der Waals surface area contributed by atoms with E-state index in [9.17, 15) is 4.79 Å². The maximum absolute atomic E-state index is 11.3. The molecule has 5 nitrogen and oxygen atoms in total. The third-order valence-corrected chi connectivity index (χ3v) is 4.08. The molecule has 0 N–H and O–H groups in total. The Morgan fingerprint density at radius 1 is 1.54 bits per heavy atom. The van der Waals surface area contributed by atoms with Gasteiger partial charge in [0.05, 0.1) is 24.9 Å². The van der Waals surface area contributed by atoms with Crippen molar-refractivity contribution in [3.63, 3.8) is 0 Å². The first-order valence-electron chi connectivity index (χ1n) is 8.11. The first-order valence-corrected chi connectivity index (χ1v) is 8.54. The van der Waals surface area contributed by atoms with E-state index in [0.717, 1.165) is 12.0 Å². The van der Waals surface area contributed by atoms with Gasteiger partial charge >= 0.3 is 0 Å². The van der Waals surface area contributed by atoms with Crippen LogP contribution in [0.15, 0.2) is 70.8 Å². The highest BCUT2D eigenvalue weighted by molar-refractivity contribution is 6.56. The summed E-state index contributed by atoms with van der Waals surface area (Å²) < 4.78 is 10.4. The molecule has 1 rings (SSSR count). The van der Waals surface area contributed by atoms with E-state index in [4.69, 9.17) is 21.1 Å². The predicted octanol–water partition coefficient (Wildman–Crippen LogP) is 3.76. The van der Waals surface area contributed by atoms with Crippen LogP contribution in [-0.2, 0) is 14.3 Å². The zero-order chi connectivity index (χ0) is 19.4. The van der Waals surface area contributed by atoms with Crippen LogP contribution >= 0.6 is 11.6 Å². The molecule has 0 spiro atoms. The third-order valence-electron chi connectivity index (χ3n) is 3.98. The monoisotopic (exact) mass is 376 g/mol. The number of methoxy groups -OCH3 is 2. The number of halogens is 1. The Hall–Kier alpha value is -2.33. The van der Waals surface area contributed by atoms with Gasteiger partial charge in [0.2, 0.25) is 6.41 Å². The summed E-state index contributed by atoms with van der Waals surface area (Å²) in [5, 5.41) is 0. The van der Waals surface area contributed by atoms with Crippen molar-refractivity contribution in [1.29, 1.82) is 0 Å². The van der Waals surface area contributed by atoms with Crippen LogP contribution in [0.4, 0.5) is 0 Å². The normalized spacial score (nSPS) is 20.2. The highest BCUT2D eigenvalue weighted by atomic mass is 35.5. The first-order chi connectivity index (χ1) is 12.6. The Morgan fingerprint density at radius 2 is 2.31 bits per heavy atom. The van der Waals surface area contributed by atoms with Gasteiger partial charge in [0.25, 0.3) is 0 Å². The SMILES string of the molecule is C=C=C(/C(=C\C=C\C1=CC=CC[C@]1(C)/N=C/Cl)OC)N(C=O)CCOC. The van der Waals surface area contributed by atoms with Gasteiger partial charge in [-0.3, -0.25) is 9.79 Å². The lowest BCUT2D eigenvalue weighted by Gasteiger charge is -2.27. The summed E-state index contributed by atoms with van der Waals surface area (Å²) in [5.41, 5.74) is 5.11. The fraction of sp³-hybridized carbons (Fsp3) is 0.350. The molecule has 1 atom stereocenters. The molecule has 0 aliphatic heterocycles. The minimum absolute atomic E-state index is 0.376. The molecule has 0 aromatic carbocycles. The van der Waals surface area contributed by atoms with E-state index in [0.29, 0.717) is 31.0 Å². The van der Waals surface area contributed by atoms with E-state index in [1.807, 2.05) is 37.3 Å². The van der Waals surface area contributed by atoms with E-state index in [1.54, 1.807) is 13.2 Å². The molecule has 0 heterocycles. The van der Waals surface area contributed by atoms with Crippen LogP contribution in [0.1, 0.15) is 13.3 Å². The molecule has 0 unspecified atom stereocenters. The molecule has 0 saturated heterocycles. The lowest BCUT2D eigenvalue weighted by molar-refractivity contribution is -0.117. The second-order valence-corrected chi connectivity index (χ2v) is 5.86. The highest BCUT2D eigenvalue weighted by Crippen LogP contribution is 2.30. The minimum Gasteiger partial charge on any atom is -0.494 e. The summed E-state index contributed by atoms with van der Waals surface area (Å²) in [7, 11) is 3.10. The fourth-order valence-corrected chi connectivity index (χ4v) is 2.67. The summed E-state index contributed by atoms with van der Waals surface area (Å²) >= 11 is 5.68. The van der Waals surface area contributed by atoms with Crippen molar-refractivity contribution in [3.8, 4) is 0 Å². The highest BCUT2D eigenvalue weighted by Gasteiger charge is 2.26. The molecular weight excluding hydrogens is 352 g/mol. The van der Waals surface area contributed by atoms with E-state index >= 15 is 0 Å². The number of nitrogens with zero attached hydrogens (tertiary/aromatic N) is 2. The number of allylic oxidation sites excluding steroid dienone is 4. The number of aliphatic imine (C=N–C) groups is 1. The number of amides is 1. The Morgan fingerprint density at radius 3 is 2.88 bits per heavy atom. The van der Waals surface area contributed by atoms with Crippen molar-refractivity contribution in [2.24, 2.45) is 4.99 Å². The lowest BCUT2D eigenvalue weighted by atomic mass is 9.85. The van der Waals surface area contributed by atoms with Gasteiger partial charge in [-0.2, -0.15) is 0 Å². The average molecular weight is 377 g/mol. The van der Waals surface area contributed by atoms with Crippen LogP contribution in [0.3, 0.4) is 0 Å². The first kappa shape index (κ1) is 21.7. The summed E-state index contributed by atoms with van der Waals surface area (Å²) in [6.45, 7) is 6.43. The van der Waals surface area contributed by atoms with Gasteiger partial charge in [-0.05, 0) is 25.0 Å². The molecule has 1 aliphatic carbocycles. The van der Waals surface area contributed by atoms with Crippen LogP contribution in [0.25, 0.3) is 0 Å². The Kier molecular flexibility index (Phi) is 9.45. The molecule has 1 amide bonds. The predicted molar refractivity (Wildman–Crippen MR) is 106 cm³/mol. The molecule has 0 fully saturated rings. The largest absolute Gasteiger partial charge is 0.494 e. The molecule has 0 bridgehead atoms. The third kappa shape index (κ3) is 5.88. The summed E-state index contributed by atoms with van der Waals surface area (Å²) in [6.07, 6.45) is 13.0. The molecule has 6 heteroatoms. The van der Waals surface area contributed by atoms with Crippen molar-refractivity contribution in [2.45, 2.75) is 18.9 Å². The second kappa shape index (κ2) is 11.3. The maximum atomic E-state index is 11.3. The number of carbonyl (C=O) groups is 1. The lowest BCUT2D eigenvalue weighted by Crippen LogP contribution is -2.26. The average Bonchev–Trinajstić information content (AvgIpc) is 2.64. The molecular formula is C20H25ClN2O3. The summed E-state index contributed by atoms with van der Waals surface area (Å²) in [5.74, 6) is 0.467. The van der Waals surface area contributed by atoms with Crippen LogP contribution in [0.5, 0.6) is 0 Å². The van der Waals surface area contributed by atoms with Crippen molar-refractivity contribution >= 4 is 23.7 Å². The van der Waals surface area contributed by atoms with Gasteiger partial charge in [0.1, 0.15) is 5.70 Å². The van der Waals surface area contributed by atoms with Crippen LogP contribution < -0.4 is 0 Å². The van der Waals surface area contributed by atoms with Gasteiger partial charge < -0.3 is 14.4 Å². The van der Waals surface area contributed by atoms with Gasteiger partial charge in [0.15, 0.2) is 5.76 Å². The standard InChI is InChI=1S/C20H25ClN2O3/c1-5-18(23(16-24)13-14-25-3)19(26-4)11-8-10-17-9-6-7-12-20(17,2)22-15-21/h6-11,15-16H,1,12-14H2,2-4H3/b10-8+,19-11+,22-15+/t20-/m0/s1. The minimum atomic E-state index is -0.404. The van der Waals surface area contributed by atoms with Gasteiger partial charge in [0, 0.05) is 13.7 Å². The quantitative estimate of drug-likeness (QED) is 0.192. The van der Waals surface area contributed by atoms with Crippen molar-refractivity contribution < 1.29 is 14.3 Å². The molecule has 0 aromatic heterocycles.